The van der Waals surface area contributed by atoms with Crippen molar-refractivity contribution in [3.63, 3.8) is 0 Å². The van der Waals surface area contributed by atoms with Gasteiger partial charge in [0.05, 0.1) is 17.6 Å². The zero-order chi connectivity index (χ0) is 16.2. The van der Waals surface area contributed by atoms with Crippen LogP contribution in [-0.2, 0) is 4.79 Å². The van der Waals surface area contributed by atoms with Crippen molar-refractivity contribution in [3.8, 4) is 5.69 Å². The third kappa shape index (κ3) is 3.58. The van der Waals surface area contributed by atoms with Crippen LogP contribution in [0.25, 0.3) is 11.8 Å². The van der Waals surface area contributed by atoms with E-state index in [0.29, 0.717) is 11.6 Å². The average Bonchev–Trinajstić information content (AvgIpc) is 3.16. The highest BCUT2D eigenvalue weighted by Crippen LogP contribution is 2.17. The van der Waals surface area contributed by atoms with E-state index in [0.717, 1.165) is 11.4 Å². The van der Waals surface area contributed by atoms with Crippen LogP contribution in [0.4, 0.5) is 5.82 Å². The van der Waals surface area contributed by atoms with E-state index in [1.54, 1.807) is 29.2 Å². The summed E-state index contributed by atoms with van der Waals surface area (Å²) < 4.78 is 6.87. The first kappa shape index (κ1) is 14.8. The number of aromatic nitrogens is 2. The van der Waals surface area contributed by atoms with E-state index in [4.69, 9.17) is 4.42 Å². The standard InChI is InChI=1S/C18H17N3O2/c1-13-5-7-15(8-6-13)21-17(12-14(2)20-21)19-18(22)10-9-16-4-3-11-23-16/h3-12H,1-2H3,(H,19,22)/b10-9+. The van der Waals surface area contributed by atoms with Gasteiger partial charge < -0.3 is 9.73 Å². The number of aryl methyl sites for hydroxylation is 2. The van der Waals surface area contributed by atoms with E-state index in [9.17, 15) is 4.79 Å². The molecule has 1 aromatic carbocycles. The molecule has 2 heterocycles. The maximum absolute atomic E-state index is 12.1. The van der Waals surface area contributed by atoms with Crippen LogP contribution in [0.2, 0.25) is 0 Å². The first-order chi connectivity index (χ1) is 11.1. The second-order valence-electron chi connectivity index (χ2n) is 5.26. The molecule has 3 rings (SSSR count). The molecule has 0 bridgehead atoms. The number of carbonyl (C=O) groups excluding carboxylic acids is 1. The molecular weight excluding hydrogens is 290 g/mol. The van der Waals surface area contributed by atoms with Crippen LogP contribution < -0.4 is 5.32 Å². The first-order valence-electron chi connectivity index (χ1n) is 7.28. The Labute approximate surface area is 134 Å². The summed E-state index contributed by atoms with van der Waals surface area (Å²) in [5, 5.41) is 7.27. The Morgan fingerprint density at radius 3 is 2.70 bits per heavy atom. The molecular formula is C18H17N3O2. The van der Waals surface area contributed by atoms with E-state index in [1.807, 2.05) is 44.2 Å². The van der Waals surface area contributed by atoms with Gasteiger partial charge in [0, 0.05) is 12.1 Å². The summed E-state index contributed by atoms with van der Waals surface area (Å²) in [5.41, 5.74) is 2.90. The summed E-state index contributed by atoms with van der Waals surface area (Å²) in [7, 11) is 0. The normalized spacial score (nSPS) is 11.0. The lowest BCUT2D eigenvalue weighted by molar-refractivity contribution is -0.111. The third-order valence-electron chi connectivity index (χ3n) is 3.30. The summed E-state index contributed by atoms with van der Waals surface area (Å²) in [5.74, 6) is 1.01. The van der Waals surface area contributed by atoms with Gasteiger partial charge in [0.15, 0.2) is 0 Å². The van der Waals surface area contributed by atoms with Gasteiger partial charge in [-0.25, -0.2) is 4.68 Å². The molecule has 1 amide bonds. The molecule has 0 saturated heterocycles. The highest BCUT2D eigenvalue weighted by atomic mass is 16.3. The predicted octanol–water partition coefficient (Wildman–Crippen LogP) is 3.73. The fourth-order valence-corrected chi connectivity index (χ4v) is 2.18. The summed E-state index contributed by atoms with van der Waals surface area (Å²) in [6, 6.07) is 13.3. The van der Waals surface area contributed by atoms with Crippen molar-refractivity contribution >= 4 is 17.8 Å². The predicted molar refractivity (Wildman–Crippen MR) is 89.4 cm³/mol. The number of hydrogen-bond acceptors (Lipinski definition) is 3. The minimum atomic E-state index is -0.241. The first-order valence-corrected chi connectivity index (χ1v) is 7.28. The lowest BCUT2D eigenvalue weighted by Crippen LogP contribution is -2.12. The Morgan fingerprint density at radius 2 is 2.00 bits per heavy atom. The number of furan rings is 1. The summed E-state index contributed by atoms with van der Waals surface area (Å²) in [6.07, 6.45) is 4.61. The van der Waals surface area contributed by atoms with Crippen molar-refractivity contribution in [2.45, 2.75) is 13.8 Å². The summed E-state index contributed by atoms with van der Waals surface area (Å²) in [4.78, 5) is 12.1. The minimum Gasteiger partial charge on any atom is -0.465 e. The van der Waals surface area contributed by atoms with Crippen molar-refractivity contribution in [1.82, 2.24) is 9.78 Å². The van der Waals surface area contributed by atoms with Crippen LogP contribution in [-0.4, -0.2) is 15.7 Å². The monoisotopic (exact) mass is 307 g/mol. The molecule has 0 aliphatic rings. The topological polar surface area (TPSA) is 60.1 Å². The second kappa shape index (κ2) is 6.36. The Balaban J connectivity index is 1.80. The molecule has 116 valence electrons. The van der Waals surface area contributed by atoms with Gasteiger partial charge in [-0.3, -0.25) is 4.79 Å². The van der Waals surface area contributed by atoms with Crippen LogP contribution in [0.3, 0.4) is 0 Å². The molecule has 0 saturated carbocycles. The van der Waals surface area contributed by atoms with Crippen molar-refractivity contribution in [2.24, 2.45) is 0 Å². The lowest BCUT2D eigenvalue weighted by Gasteiger charge is -2.07. The van der Waals surface area contributed by atoms with E-state index in [-0.39, 0.29) is 5.91 Å². The smallest absolute Gasteiger partial charge is 0.249 e. The SMILES string of the molecule is Cc1ccc(-n2nc(C)cc2NC(=O)/C=C/c2ccco2)cc1. The molecule has 3 aromatic rings. The molecule has 0 fully saturated rings. The number of anilines is 1. The summed E-state index contributed by atoms with van der Waals surface area (Å²) >= 11 is 0. The van der Waals surface area contributed by atoms with Crippen molar-refractivity contribution < 1.29 is 9.21 Å². The number of benzene rings is 1. The van der Waals surface area contributed by atoms with Crippen LogP contribution in [0.15, 0.2) is 59.2 Å². The van der Waals surface area contributed by atoms with Crippen LogP contribution in [0.5, 0.6) is 0 Å². The quantitative estimate of drug-likeness (QED) is 0.747. The molecule has 0 radical (unpaired) electrons. The Morgan fingerprint density at radius 1 is 1.22 bits per heavy atom. The maximum atomic E-state index is 12.1. The third-order valence-corrected chi connectivity index (χ3v) is 3.30. The molecule has 5 nitrogen and oxygen atoms in total. The van der Waals surface area contributed by atoms with Crippen LogP contribution in [0, 0.1) is 13.8 Å². The van der Waals surface area contributed by atoms with Gasteiger partial charge in [-0.05, 0) is 44.2 Å². The molecule has 0 aliphatic carbocycles. The van der Waals surface area contributed by atoms with E-state index in [1.165, 1.54) is 11.6 Å². The van der Waals surface area contributed by atoms with E-state index in [2.05, 4.69) is 10.4 Å². The zero-order valence-corrected chi connectivity index (χ0v) is 13.0. The molecule has 0 unspecified atom stereocenters. The van der Waals surface area contributed by atoms with Crippen molar-refractivity contribution in [1.29, 1.82) is 0 Å². The fourth-order valence-electron chi connectivity index (χ4n) is 2.18. The van der Waals surface area contributed by atoms with Crippen molar-refractivity contribution in [3.05, 3.63) is 71.8 Å². The number of hydrogen-bond donors (Lipinski definition) is 1. The van der Waals surface area contributed by atoms with Gasteiger partial charge in [0.1, 0.15) is 11.6 Å². The Hall–Kier alpha value is -3.08. The molecule has 0 atom stereocenters. The average molecular weight is 307 g/mol. The summed E-state index contributed by atoms with van der Waals surface area (Å²) in [6.45, 7) is 3.92. The van der Waals surface area contributed by atoms with Gasteiger partial charge in [0.2, 0.25) is 5.91 Å². The van der Waals surface area contributed by atoms with Crippen molar-refractivity contribution in [2.75, 3.05) is 5.32 Å². The largest absolute Gasteiger partial charge is 0.465 e. The number of nitrogens with one attached hydrogen (secondary N) is 1. The highest BCUT2D eigenvalue weighted by Gasteiger charge is 2.09. The van der Waals surface area contributed by atoms with Crippen LogP contribution in [0.1, 0.15) is 17.0 Å². The number of carbonyl (C=O) groups is 1. The Kier molecular flexibility index (Phi) is 4.10. The molecule has 1 N–H and O–H groups in total. The van der Waals surface area contributed by atoms with E-state index < -0.39 is 0 Å². The number of amides is 1. The van der Waals surface area contributed by atoms with Gasteiger partial charge in [-0.2, -0.15) is 5.10 Å². The Bertz CT molecular complexity index is 828. The zero-order valence-electron chi connectivity index (χ0n) is 13.0. The number of rotatable bonds is 4. The minimum absolute atomic E-state index is 0.241. The fraction of sp³-hybridized carbons (Fsp3) is 0.111. The van der Waals surface area contributed by atoms with Gasteiger partial charge in [-0.15, -0.1) is 0 Å². The molecule has 23 heavy (non-hydrogen) atoms. The highest BCUT2D eigenvalue weighted by molar-refractivity contribution is 6.01. The van der Waals surface area contributed by atoms with Gasteiger partial charge in [-0.1, -0.05) is 17.7 Å². The molecule has 0 spiro atoms. The lowest BCUT2D eigenvalue weighted by atomic mass is 10.2. The molecule has 2 aromatic heterocycles. The van der Waals surface area contributed by atoms with E-state index >= 15 is 0 Å². The molecule has 0 aliphatic heterocycles. The maximum Gasteiger partial charge on any atom is 0.249 e. The van der Waals surface area contributed by atoms with Gasteiger partial charge >= 0.3 is 0 Å². The van der Waals surface area contributed by atoms with Crippen LogP contribution >= 0.6 is 0 Å². The number of nitrogens with zero attached hydrogens (tertiary/aromatic N) is 2. The second-order valence-corrected chi connectivity index (χ2v) is 5.26. The molecule has 5 heteroatoms. The van der Waals surface area contributed by atoms with Gasteiger partial charge in [0.25, 0.3) is 0 Å².